The molecule has 6 nitrogen and oxygen atoms in total. The molecular weight excluding hydrogens is 306 g/mol. The topological polar surface area (TPSA) is 77.3 Å². The third-order valence-corrected chi connectivity index (χ3v) is 3.61. The highest BCUT2D eigenvalue weighted by Gasteiger charge is 2.14. The lowest BCUT2D eigenvalue weighted by atomic mass is 10.1. The van der Waals surface area contributed by atoms with Gasteiger partial charge < -0.3 is 9.15 Å². The number of ether oxygens (including phenoxy) is 1. The molecule has 1 heterocycles. The predicted molar refractivity (Wildman–Crippen MR) is 90.2 cm³/mol. The summed E-state index contributed by atoms with van der Waals surface area (Å²) in [6.07, 6.45) is 0. The molecule has 0 fully saturated rings. The number of rotatable bonds is 4. The van der Waals surface area contributed by atoms with Crippen molar-refractivity contribution in [1.29, 1.82) is 0 Å². The van der Waals surface area contributed by atoms with Crippen molar-refractivity contribution in [2.45, 2.75) is 13.8 Å². The zero-order chi connectivity index (χ0) is 17.1. The molecule has 0 atom stereocenters. The summed E-state index contributed by atoms with van der Waals surface area (Å²) in [7, 11) is 1.60. The predicted octanol–water partition coefficient (Wildman–Crippen LogP) is 3.61. The Hall–Kier alpha value is -3.15. The Morgan fingerprint density at radius 1 is 1.08 bits per heavy atom. The van der Waals surface area contributed by atoms with Gasteiger partial charge in [0.2, 0.25) is 5.89 Å². The maximum Gasteiger partial charge on any atom is 0.322 e. The van der Waals surface area contributed by atoms with E-state index in [2.05, 4.69) is 15.5 Å². The van der Waals surface area contributed by atoms with Crippen molar-refractivity contribution in [2.75, 3.05) is 12.4 Å². The minimum Gasteiger partial charge on any atom is -0.497 e. The Bertz CT molecular complexity index is 869. The molecule has 0 saturated carbocycles. The van der Waals surface area contributed by atoms with Crippen LogP contribution in [0, 0.1) is 13.8 Å². The number of methoxy groups -OCH3 is 1. The zero-order valence-corrected chi connectivity index (χ0v) is 13.7. The van der Waals surface area contributed by atoms with E-state index in [0.29, 0.717) is 11.5 Å². The summed E-state index contributed by atoms with van der Waals surface area (Å²) < 4.78 is 10.6. The molecule has 122 valence electrons. The number of nitrogens with one attached hydrogen (secondary N) is 1. The van der Waals surface area contributed by atoms with Gasteiger partial charge >= 0.3 is 6.01 Å². The molecule has 24 heavy (non-hydrogen) atoms. The van der Waals surface area contributed by atoms with Crippen LogP contribution in [0.1, 0.15) is 21.5 Å². The van der Waals surface area contributed by atoms with Crippen molar-refractivity contribution in [1.82, 2.24) is 10.2 Å². The fourth-order valence-corrected chi connectivity index (χ4v) is 2.36. The van der Waals surface area contributed by atoms with Crippen molar-refractivity contribution < 1.29 is 13.9 Å². The number of hydrogen-bond donors (Lipinski definition) is 1. The van der Waals surface area contributed by atoms with Crippen LogP contribution in [0.3, 0.4) is 0 Å². The molecule has 0 spiro atoms. The Balaban J connectivity index is 1.76. The number of benzene rings is 2. The minimum atomic E-state index is -0.280. The number of aryl methyl sites for hydroxylation is 2. The van der Waals surface area contributed by atoms with Crippen molar-refractivity contribution in [3.05, 3.63) is 59.2 Å². The monoisotopic (exact) mass is 323 g/mol. The van der Waals surface area contributed by atoms with Crippen LogP contribution in [-0.4, -0.2) is 23.2 Å². The minimum absolute atomic E-state index is 0.0609. The number of hydrogen-bond acceptors (Lipinski definition) is 5. The Kier molecular flexibility index (Phi) is 4.29. The van der Waals surface area contributed by atoms with Crippen LogP contribution in [0.4, 0.5) is 6.01 Å². The molecule has 0 aliphatic heterocycles. The van der Waals surface area contributed by atoms with Crippen LogP contribution in [0.15, 0.2) is 46.9 Å². The van der Waals surface area contributed by atoms with Gasteiger partial charge in [-0.15, -0.1) is 5.10 Å². The number of carbonyl (C=O) groups is 1. The summed E-state index contributed by atoms with van der Waals surface area (Å²) in [5.74, 6) is 0.785. The summed E-state index contributed by atoms with van der Waals surface area (Å²) in [5, 5.41) is 10.4. The lowest BCUT2D eigenvalue weighted by Crippen LogP contribution is -2.13. The molecular formula is C18H17N3O3. The molecule has 1 amide bonds. The highest BCUT2D eigenvalue weighted by molar-refractivity contribution is 6.04. The van der Waals surface area contributed by atoms with E-state index in [0.717, 1.165) is 22.4 Å². The molecule has 0 saturated heterocycles. The van der Waals surface area contributed by atoms with Gasteiger partial charge in [0.1, 0.15) is 5.75 Å². The van der Waals surface area contributed by atoms with Gasteiger partial charge in [0, 0.05) is 11.1 Å². The molecule has 1 aromatic heterocycles. The van der Waals surface area contributed by atoms with E-state index in [-0.39, 0.29) is 11.9 Å². The molecule has 3 rings (SSSR count). The van der Waals surface area contributed by atoms with E-state index in [4.69, 9.17) is 9.15 Å². The van der Waals surface area contributed by atoms with E-state index in [9.17, 15) is 4.79 Å². The fourth-order valence-electron chi connectivity index (χ4n) is 2.36. The summed E-state index contributed by atoms with van der Waals surface area (Å²) in [6, 6.07) is 12.9. The first-order valence-corrected chi connectivity index (χ1v) is 7.43. The van der Waals surface area contributed by atoms with Crippen LogP contribution in [0.25, 0.3) is 11.5 Å². The summed E-state index contributed by atoms with van der Waals surface area (Å²) in [5.41, 5.74) is 3.31. The van der Waals surface area contributed by atoms with Crippen molar-refractivity contribution in [2.24, 2.45) is 0 Å². The van der Waals surface area contributed by atoms with Crippen molar-refractivity contribution in [3.8, 4) is 17.2 Å². The number of aromatic nitrogens is 2. The normalized spacial score (nSPS) is 10.5. The van der Waals surface area contributed by atoms with Crippen LogP contribution in [-0.2, 0) is 0 Å². The van der Waals surface area contributed by atoms with Crippen LogP contribution >= 0.6 is 0 Å². The maximum atomic E-state index is 12.3. The van der Waals surface area contributed by atoms with Gasteiger partial charge in [-0.3, -0.25) is 10.1 Å². The molecule has 1 N–H and O–H groups in total. The van der Waals surface area contributed by atoms with Crippen molar-refractivity contribution >= 4 is 11.9 Å². The third kappa shape index (κ3) is 3.27. The van der Waals surface area contributed by atoms with E-state index < -0.39 is 0 Å². The molecule has 0 unspecified atom stereocenters. The van der Waals surface area contributed by atoms with Gasteiger partial charge in [-0.05, 0) is 49.7 Å². The molecule has 0 aliphatic carbocycles. The Labute approximate surface area is 139 Å². The van der Waals surface area contributed by atoms with Crippen molar-refractivity contribution in [3.63, 3.8) is 0 Å². The number of nitrogens with zero attached hydrogens (tertiary/aromatic N) is 2. The Morgan fingerprint density at radius 2 is 1.83 bits per heavy atom. The molecule has 0 bridgehead atoms. The molecule has 2 aromatic carbocycles. The second kappa shape index (κ2) is 6.54. The van der Waals surface area contributed by atoms with Gasteiger partial charge in [-0.1, -0.05) is 22.8 Å². The average molecular weight is 323 g/mol. The maximum absolute atomic E-state index is 12.3. The first-order valence-electron chi connectivity index (χ1n) is 7.43. The number of amides is 1. The van der Waals surface area contributed by atoms with Crippen LogP contribution < -0.4 is 10.1 Å². The van der Waals surface area contributed by atoms with Crippen LogP contribution in [0.2, 0.25) is 0 Å². The van der Waals surface area contributed by atoms with Gasteiger partial charge in [0.25, 0.3) is 5.91 Å². The SMILES string of the molecule is COc1ccc(-c2nnc(NC(=O)c3ccc(C)cc3C)o2)cc1. The number of anilines is 1. The fraction of sp³-hybridized carbons (Fsp3) is 0.167. The summed E-state index contributed by atoms with van der Waals surface area (Å²) >= 11 is 0. The second-order valence-corrected chi connectivity index (χ2v) is 5.41. The molecule has 6 heteroatoms. The number of carbonyl (C=O) groups excluding carboxylic acids is 1. The van der Waals surface area contributed by atoms with E-state index in [1.165, 1.54) is 0 Å². The van der Waals surface area contributed by atoms with E-state index >= 15 is 0 Å². The standard InChI is InChI=1S/C18H17N3O3/c1-11-4-9-15(12(2)10-11)16(22)19-18-21-20-17(24-18)13-5-7-14(23-3)8-6-13/h4-10H,1-3H3,(H,19,21,22). The first kappa shape index (κ1) is 15.7. The molecule has 0 radical (unpaired) electrons. The summed E-state index contributed by atoms with van der Waals surface area (Å²) in [6.45, 7) is 3.87. The highest BCUT2D eigenvalue weighted by Crippen LogP contribution is 2.23. The highest BCUT2D eigenvalue weighted by atomic mass is 16.5. The third-order valence-electron chi connectivity index (χ3n) is 3.61. The molecule has 0 aliphatic rings. The van der Waals surface area contributed by atoms with Gasteiger partial charge in [0.15, 0.2) is 0 Å². The van der Waals surface area contributed by atoms with E-state index in [1.807, 2.05) is 38.1 Å². The smallest absolute Gasteiger partial charge is 0.322 e. The second-order valence-electron chi connectivity index (χ2n) is 5.41. The zero-order valence-electron chi connectivity index (χ0n) is 13.7. The quantitative estimate of drug-likeness (QED) is 0.793. The summed E-state index contributed by atoms with van der Waals surface area (Å²) in [4.78, 5) is 12.3. The largest absolute Gasteiger partial charge is 0.497 e. The van der Waals surface area contributed by atoms with Gasteiger partial charge in [0.05, 0.1) is 7.11 Å². The average Bonchev–Trinajstić information content (AvgIpc) is 3.03. The van der Waals surface area contributed by atoms with Gasteiger partial charge in [-0.25, -0.2) is 0 Å². The lowest BCUT2D eigenvalue weighted by molar-refractivity contribution is 0.102. The first-order chi connectivity index (χ1) is 11.6. The van der Waals surface area contributed by atoms with E-state index in [1.54, 1.807) is 25.3 Å². The van der Waals surface area contributed by atoms with Crippen LogP contribution in [0.5, 0.6) is 5.75 Å². The van der Waals surface area contributed by atoms with Gasteiger partial charge in [-0.2, -0.15) is 0 Å². The molecule has 3 aromatic rings. The lowest BCUT2D eigenvalue weighted by Gasteiger charge is -2.05. The Morgan fingerprint density at radius 3 is 2.50 bits per heavy atom.